The maximum Gasteiger partial charge on any atom is 0.340 e. The fraction of sp³-hybridized carbons (Fsp3) is 0.211. The number of primary amides is 1. The zero-order chi connectivity index (χ0) is 20.0. The van der Waals surface area contributed by atoms with E-state index in [2.05, 4.69) is 15.4 Å². The second-order valence-corrected chi connectivity index (χ2v) is 6.42. The number of rotatable bonds is 4. The summed E-state index contributed by atoms with van der Waals surface area (Å²) in [5.41, 5.74) is 8.81. The summed E-state index contributed by atoms with van der Waals surface area (Å²) < 4.78 is 6.60. The van der Waals surface area contributed by atoms with Crippen molar-refractivity contribution in [2.45, 2.75) is 19.8 Å². The summed E-state index contributed by atoms with van der Waals surface area (Å²) >= 11 is 0. The SMILES string of the molecule is CCOC(=O)c1cn2ncnc(C3C(=O)Nc4ccc(C(N)=O)cc43)c2c1C. The topological polar surface area (TPSA) is 129 Å². The number of anilines is 1. The van der Waals surface area contributed by atoms with E-state index in [4.69, 9.17) is 10.5 Å². The Kier molecular flexibility index (Phi) is 4.07. The summed E-state index contributed by atoms with van der Waals surface area (Å²) in [6, 6.07) is 4.78. The number of nitrogens with one attached hydrogen (secondary N) is 1. The molecule has 142 valence electrons. The van der Waals surface area contributed by atoms with Crippen molar-refractivity contribution in [2.24, 2.45) is 5.73 Å². The minimum Gasteiger partial charge on any atom is -0.462 e. The van der Waals surface area contributed by atoms with E-state index < -0.39 is 17.8 Å². The Morgan fingerprint density at radius 3 is 2.86 bits per heavy atom. The molecule has 1 aliphatic heterocycles. The van der Waals surface area contributed by atoms with Crippen LogP contribution in [0.4, 0.5) is 5.69 Å². The lowest BCUT2D eigenvalue weighted by Crippen LogP contribution is -2.16. The minimum absolute atomic E-state index is 0.247. The van der Waals surface area contributed by atoms with Gasteiger partial charge in [0.25, 0.3) is 0 Å². The number of benzene rings is 1. The first-order valence-electron chi connectivity index (χ1n) is 8.67. The standard InChI is InChI=1S/C19H17N5O4/c1-3-28-19(27)12-7-24-16(9(12)2)15(21-8-22-24)14-11-6-10(17(20)25)4-5-13(11)23-18(14)26/h4-8,14H,3H2,1-2H3,(H2,20,25)(H,23,26). The number of carbonyl (C=O) groups excluding carboxylic acids is 3. The van der Waals surface area contributed by atoms with Crippen molar-refractivity contribution in [2.75, 3.05) is 11.9 Å². The number of hydrogen-bond donors (Lipinski definition) is 2. The Morgan fingerprint density at radius 1 is 1.36 bits per heavy atom. The molecule has 3 aromatic rings. The monoisotopic (exact) mass is 379 g/mol. The van der Waals surface area contributed by atoms with Crippen molar-refractivity contribution >= 4 is 29.0 Å². The van der Waals surface area contributed by atoms with Crippen molar-refractivity contribution in [3.8, 4) is 0 Å². The van der Waals surface area contributed by atoms with Crippen LogP contribution in [0, 0.1) is 6.92 Å². The van der Waals surface area contributed by atoms with Crippen LogP contribution in [0.1, 0.15) is 50.4 Å². The highest BCUT2D eigenvalue weighted by Crippen LogP contribution is 2.39. The summed E-state index contributed by atoms with van der Waals surface area (Å²) in [4.78, 5) is 40.9. The van der Waals surface area contributed by atoms with Gasteiger partial charge < -0.3 is 15.8 Å². The molecule has 9 heteroatoms. The summed E-state index contributed by atoms with van der Waals surface area (Å²) in [6.07, 6.45) is 2.88. The summed E-state index contributed by atoms with van der Waals surface area (Å²) in [7, 11) is 0. The van der Waals surface area contributed by atoms with Crippen molar-refractivity contribution in [1.82, 2.24) is 14.6 Å². The fourth-order valence-electron chi connectivity index (χ4n) is 3.50. The predicted molar refractivity (Wildman–Crippen MR) is 99.1 cm³/mol. The number of hydrogen-bond acceptors (Lipinski definition) is 6. The van der Waals surface area contributed by atoms with Crippen LogP contribution in [0.5, 0.6) is 0 Å². The van der Waals surface area contributed by atoms with Gasteiger partial charge in [-0.3, -0.25) is 9.59 Å². The number of aryl methyl sites for hydroxylation is 1. The van der Waals surface area contributed by atoms with Gasteiger partial charge in [-0.15, -0.1) is 0 Å². The molecule has 0 radical (unpaired) electrons. The second-order valence-electron chi connectivity index (χ2n) is 6.42. The van der Waals surface area contributed by atoms with Crippen molar-refractivity contribution in [3.63, 3.8) is 0 Å². The van der Waals surface area contributed by atoms with Crippen molar-refractivity contribution in [3.05, 3.63) is 58.7 Å². The lowest BCUT2D eigenvalue weighted by atomic mass is 9.93. The third-order valence-electron chi connectivity index (χ3n) is 4.79. The van der Waals surface area contributed by atoms with Crippen LogP contribution in [0.2, 0.25) is 0 Å². The summed E-state index contributed by atoms with van der Waals surface area (Å²) in [5.74, 6) is -2.10. The highest BCUT2D eigenvalue weighted by molar-refractivity contribution is 6.07. The molecule has 9 nitrogen and oxygen atoms in total. The highest BCUT2D eigenvalue weighted by Gasteiger charge is 2.36. The number of nitrogens with zero attached hydrogens (tertiary/aromatic N) is 3. The third-order valence-corrected chi connectivity index (χ3v) is 4.79. The Balaban J connectivity index is 1.91. The van der Waals surface area contributed by atoms with Gasteiger partial charge >= 0.3 is 5.97 Å². The average Bonchev–Trinajstić information content (AvgIpc) is 3.17. The van der Waals surface area contributed by atoms with Gasteiger partial charge in [0.1, 0.15) is 12.2 Å². The molecular weight excluding hydrogens is 362 g/mol. The van der Waals surface area contributed by atoms with Gasteiger partial charge in [-0.2, -0.15) is 5.10 Å². The Bertz CT molecular complexity index is 1150. The molecular formula is C19H17N5O4. The Hall–Kier alpha value is -3.75. The molecule has 0 spiro atoms. The van der Waals surface area contributed by atoms with Gasteiger partial charge in [-0.1, -0.05) is 0 Å². The van der Waals surface area contributed by atoms with Crippen LogP contribution >= 0.6 is 0 Å². The zero-order valence-electron chi connectivity index (χ0n) is 15.2. The molecule has 3 heterocycles. The molecule has 2 amide bonds. The van der Waals surface area contributed by atoms with Gasteiger partial charge in [0.05, 0.1) is 23.4 Å². The van der Waals surface area contributed by atoms with E-state index in [1.807, 2.05) is 0 Å². The molecule has 1 aliphatic rings. The largest absolute Gasteiger partial charge is 0.462 e. The van der Waals surface area contributed by atoms with Crippen LogP contribution in [-0.4, -0.2) is 39.0 Å². The molecule has 1 unspecified atom stereocenters. The quantitative estimate of drug-likeness (QED) is 0.659. The normalized spacial score (nSPS) is 15.4. The molecule has 3 N–H and O–H groups in total. The number of carbonyl (C=O) groups is 3. The molecule has 0 saturated carbocycles. The van der Waals surface area contributed by atoms with Gasteiger partial charge in [0.2, 0.25) is 11.8 Å². The molecule has 0 saturated heterocycles. The maximum atomic E-state index is 12.7. The van der Waals surface area contributed by atoms with Crippen LogP contribution in [-0.2, 0) is 9.53 Å². The summed E-state index contributed by atoms with van der Waals surface area (Å²) in [5, 5.41) is 6.95. The van der Waals surface area contributed by atoms with Gasteiger partial charge in [0, 0.05) is 17.4 Å². The van der Waals surface area contributed by atoms with Gasteiger partial charge in [-0.25, -0.2) is 14.3 Å². The van der Waals surface area contributed by atoms with E-state index in [0.29, 0.717) is 39.2 Å². The lowest BCUT2D eigenvalue weighted by molar-refractivity contribution is -0.116. The third kappa shape index (κ3) is 2.59. The first-order valence-corrected chi connectivity index (χ1v) is 8.67. The van der Waals surface area contributed by atoms with Crippen LogP contribution in [0.25, 0.3) is 5.52 Å². The smallest absolute Gasteiger partial charge is 0.340 e. The lowest BCUT2D eigenvalue weighted by Gasteiger charge is -2.11. The van der Waals surface area contributed by atoms with E-state index in [-0.39, 0.29) is 12.5 Å². The minimum atomic E-state index is -0.761. The highest BCUT2D eigenvalue weighted by atomic mass is 16.5. The van der Waals surface area contributed by atoms with E-state index in [1.165, 1.54) is 10.8 Å². The molecule has 0 aliphatic carbocycles. The van der Waals surface area contributed by atoms with Crippen LogP contribution < -0.4 is 11.1 Å². The molecule has 0 bridgehead atoms. The van der Waals surface area contributed by atoms with E-state index >= 15 is 0 Å². The number of fused-ring (bicyclic) bond motifs is 2. The van der Waals surface area contributed by atoms with E-state index in [0.717, 1.165) is 0 Å². The average molecular weight is 379 g/mol. The molecule has 4 rings (SSSR count). The van der Waals surface area contributed by atoms with Gasteiger partial charge in [-0.05, 0) is 43.2 Å². The second kappa shape index (κ2) is 6.45. The molecule has 2 aromatic heterocycles. The van der Waals surface area contributed by atoms with Crippen molar-refractivity contribution < 1.29 is 19.1 Å². The van der Waals surface area contributed by atoms with Gasteiger partial charge in [0.15, 0.2) is 0 Å². The molecule has 28 heavy (non-hydrogen) atoms. The number of amides is 2. The van der Waals surface area contributed by atoms with E-state index in [1.54, 1.807) is 38.2 Å². The van der Waals surface area contributed by atoms with Crippen LogP contribution in [0.15, 0.2) is 30.7 Å². The number of ether oxygens (including phenoxy) is 1. The first kappa shape index (κ1) is 17.7. The molecule has 1 atom stereocenters. The van der Waals surface area contributed by atoms with Crippen molar-refractivity contribution in [1.29, 1.82) is 0 Å². The first-order chi connectivity index (χ1) is 13.4. The summed E-state index contributed by atoms with van der Waals surface area (Å²) in [6.45, 7) is 3.73. The zero-order valence-corrected chi connectivity index (χ0v) is 15.2. The maximum absolute atomic E-state index is 12.7. The Morgan fingerprint density at radius 2 is 2.14 bits per heavy atom. The predicted octanol–water partition coefficient (Wildman–Crippen LogP) is 1.40. The number of nitrogens with two attached hydrogens (primary N) is 1. The molecule has 1 aromatic carbocycles. The number of aromatic nitrogens is 3. The Labute approximate surface area is 159 Å². The number of esters is 1. The fourth-order valence-corrected chi connectivity index (χ4v) is 3.50. The molecule has 0 fully saturated rings. The van der Waals surface area contributed by atoms with Crippen LogP contribution in [0.3, 0.4) is 0 Å². The van der Waals surface area contributed by atoms with E-state index in [9.17, 15) is 14.4 Å².